The molecule has 124 valence electrons. The lowest BCUT2D eigenvalue weighted by atomic mass is 9.96. The van der Waals surface area contributed by atoms with Crippen LogP contribution in [0.3, 0.4) is 0 Å². The molecule has 0 radical (unpaired) electrons. The average Bonchev–Trinajstić information content (AvgIpc) is 3.10. The lowest BCUT2D eigenvalue weighted by Gasteiger charge is -2.21. The quantitative estimate of drug-likeness (QED) is 0.908. The van der Waals surface area contributed by atoms with E-state index in [0.29, 0.717) is 12.8 Å². The summed E-state index contributed by atoms with van der Waals surface area (Å²) in [6.07, 6.45) is -3.35. The molecule has 1 aromatic rings. The van der Waals surface area contributed by atoms with Crippen molar-refractivity contribution in [2.24, 2.45) is 11.8 Å². The largest absolute Gasteiger partial charge is 0.481 e. The Morgan fingerprint density at radius 2 is 1.87 bits per heavy atom. The first-order valence-corrected chi connectivity index (χ1v) is 7.45. The minimum atomic E-state index is -4.62. The van der Waals surface area contributed by atoms with E-state index < -0.39 is 42.4 Å². The van der Waals surface area contributed by atoms with Crippen molar-refractivity contribution in [1.29, 1.82) is 0 Å². The zero-order chi connectivity index (χ0) is 16.8. The van der Waals surface area contributed by atoms with Crippen molar-refractivity contribution >= 4 is 11.9 Å². The van der Waals surface area contributed by atoms with Crippen molar-refractivity contribution in [2.45, 2.75) is 24.9 Å². The number of benzene rings is 1. The number of nitrogens with zero attached hydrogens (tertiary/aromatic N) is 1. The van der Waals surface area contributed by atoms with E-state index in [1.54, 1.807) is 6.07 Å². The van der Waals surface area contributed by atoms with Gasteiger partial charge in [0.15, 0.2) is 0 Å². The molecule has 1 aliphatic carbocycles. The summed E-state index contributed by atoms with van der Waals surface area (Å²) in [5.41, 5.74) is 1.88. The fourth-order valence-electron chi connectivity index (χ4n) is 3.60. The molecule has 3 rings (SSSR count). The van der Waals surface area contributed by atoms with Gasteiger partial charge in [-0.15, -0.1) is 0 Å². The summed E-state index contributed by atoms with van der Waals surface area (Å²) in [4.78, 5) is 24.8. The van der Waals surface area contributed by atoms with Crippen LogP contribution in [-0.2, 0) is 16.0 Å². The molecule has 1 aromatic carbocycles. The van der Waals surface area contributed by atoms with E-state index in [2.05, 4.69) is 0 Å². The van der Waals surface area contributed by atoms with Gasteiger partial charge in [-0.3, -0.25) is 9.59 Å². The molecule has 2 aliphatic rings. The van der Waals surface area contributed by atoms with Crippen LogP contribution in [-0.4, -0.2) is 41.1 Å². The minimum absolute atomic E-state index is 0.378. The van der Waals surface area contributed by atoms with Gasteiger partial charge in [0, 0.05) is 13.1 Å². The van der Waals surface area contributed by atoms with E-state index in [1.165, 1.54) is 0 Å². The Morgan fingerprint density at radius 1 is 1.17 bits per heavy atom. The van der Waals surface area contributed by atoms with Crippen LogP contribution in [0.1, 0.15) is 23.5 Å². The van der Waals surface area contributed by atoms with E-state index >= 15 is 0 Å². The molecule has 23 heavy (non-hydrogen) atoms. The molecule has 1 fully saturated rings. The number of rotatable bonds is 2. The van der Waals surface area contributed by atoms with Crippen LogP contribution in [0.2, 0.25) is 0 Å². The van der Waals surface area contributed by atoms with Crippen molar-refractivity contribution in [1.82, 2.24) is 4.90 Å². The zero-order valence-corrected chi connectivity index (χ0v) is 12.2. The van der Waals surface area contributed by atoms with Gasteiger partial charge in [0.05, 0.1) is 17.8 Å². The second kappa shape index (κ2) is 5.54. The van der Waals surface area contributed by atoms with Gasteiger partial charge in [-0.05, 0) is 24.0 Å². The predicted octanol–water partition coefficient (Wildman–Crippen LogP) is 2.44. The number of carbonyl (C=O) groups is 2. The highest BCUT2D eigenvalue weighted by atomic mass is 19.4. The fraction of sp³-hybridized carbons (Fsp3) is 0.500. The van der Waals surface area contributed by atoms with Crippen LogP contribution in [0.25, 0.3) is 0 Å². The summed E-state index contributed by atoms with van der Waals surface area (Å²) < 4.78 is 39.1. The van der Waals surface area contributed by atoms with Crippen LogP contribution >= 0.6 is 0 Å². The highest BCUT2D eigenvalue weighted by Crippen LogP contribution is 2.40. The molecule has 1 N–H and O–H groups in total. The summed E-state index contributed by atoms with van der Waals surface area (Å²) in [6, 6.07) is 7.39. The maximum absolute atomic E-state index is 13.0. The Kier molecular flexibility index (Phi) is 3.82. The normalized spacial score (nSPS) is 27.1. The van der Waals surface area contributed by atoms with Gasteiger partial charge in [-0.1, -0.05) is 24.3 Å². The topological polar surface area (TPSA) is 57.6 Å². The number of aliphatic carboxylic acids is 1. The zero-order valence-electron chi connectivity index (χ0n) is 12.2. The third kappa shape index (κ3) is 2.80. The van der Waals surface area contributed by atoms with Crippen molar-refractivity contribution in [3.8, 4) is 0 Å². The number of fused-ring (bicyclic) bond motifs is 1. The smallest absolute Gasteiger partial charge is 0.394 e. The Morgan fingerprint density at radius 3 is 2.48 bits per heavy atom. The van der Waals surface area contributed by atoms with Gasteiger partial charge in [0.1, 0.15) is 0 Å². The summed E-state index contributed by atoms with van der Waals surface area (Å²) in [7, 11) is 0. The highest BCUT2D eigenvalue weighted by molar-refractivity contribution is 5.86. The first-order valence-electron chi connectivity index (χ1n) is 7.45. The molecule has 0 spiro atoms. The van der Waals surface area contributed by atoms with Gasteiger partial charge in [-0.25, -0.2) is 0 Å². The fourth-order valence-corrected chi connectivity index (χ4v) is 3.60. The number of likely N-dealkylation sites (tertiary alicyclic amines) is 1. The number of carboxylic acid groups (broad SMARTS) is 1. The molecule has 1 saturated heterocycles. The Labute approximate surface area is 130 Å². The number of hydrogen-bond donors (Lipinski definition) is 1. The third-order valence-corrected chi connectivity index (χ3v) is 4.80. The summed E-state index contributed by atoms with van der Waals surface area (Å²) in [5, 5.41) is 9.03. The SMILES string of the molecule is O=C(O)[C@@H]1CN(C(=O)C2CCc3ccccc32)C[C@H]1C(F)(F)F. The minimum Gasteiger partial charge on any atom is -0.481 e. The molecular formula is C16H16F3NO3. The summed E-state index contributed by atoms with van der Waals surface area (Å²) >= 11 is 0. The summed E-state index contributed by atoms with van der Waals surface area (Å²) in [6.45, 7) is -0.949. The molecule has 7 heteroatoms. The first-order chi connectivity index (χ1) is 10.8. The monoisotopic (exact) mass is 327 g/mol. The molecule has 0 saturated carbocycles. The van der Waals surface area contributed by atoms with Crippen LogP contribution < -0.4 is 0 Å². The van der Waals surface area contributed by atoms with Crippen LogP contribution in [0.5, 0.6) is 0 Å². The molecule has 1 amide bonds. The maximum Gasteiger partial charge on any atom is 0.394 e. The standard InChI is InChI=1S/C16H16F3NO3/c17-16(18,19)13-8-20(7-12(13)15(22)23)14(21)11-6-5-9-3-1-2-4-10(9)11/h1-4,11-13H,5-8H2,(H,22,23)/t11?,12-,13-/m1/s1. The predicted molar refractivity (Wildman–Crippen MR) is 74.8 cm³/mol. The van der Waals surface area contributed by atoms with Gasteiger partial charge >= 0.3 is 12.1 Å². The van der Waals surface area contributed by atoms with Gasteiger partial charge < -0.3 is 10.0 Å². The van der Waals surface area contributed by atoms with E-state index in [9.17, 15) is 22.8 Å². The van der Waals surface area contributed by atoms with Crippen LogP contribution in [0, 0.1) is 11.8 Å². The number of hydrogen-bond acceptors (Lipinski definition) is 2. The van der Waals surface area contributed by atoms with Crippen molar-refractivity contribution in [3.05, 3.63) is 35.4 Å². The maximum atomic E-state index is 13.0. The molecular weight excluding hydrogens is 311 g/mol. The molecule has 1 aliphatic heterocycles. The second-order valence-electron chi connectivity index (χ2n) is 6.13. The summed E-state index contributed by atoms with van der Waals surface area (Å²) in [5.74, 6) is -5.95. The number of halogens is 3. The van der Waals surface area contributed by atoms with E-state index in [4.69, 9.17) is 5.11 Å². The molecule has 0 bridgehead atoms. The molecule has 1 heterocycles. The molecule has 0 aromatic heterocycles. The van der Waals surface area contributed by atoms with Crippen LogP contribution in [0.4, 0.5) is 13.2 Å². The van der Waals surface area contributed by atoms with E-state index in [1.807, 2.05) is 18.2 Å². The number of alkyl halides is 3. The molecule has 4 nitrogen and oxygen atoms in total. The van der Waals surface area contributed by atoms with Crippen molar-refractivity contribution < 1.29 is 27.9 Å². The number of carbonyl (C=O) groups excluding carboxylic acids is 1. The van der Waals surface area contributed by atoms with Crippen molar-refractivity contribution in [2.75, 3.05) is 13.1 Å². The van der Waals surface area contributed by atoms with Gasteiger partial charge in [0.2, 0.25) is 5.91 Å². The number of carboxylic acids is 1. The Bertz CT molecular complexity index is 644. The number of aryl methyl sites for hydroxylation is 1. The van der Waals surface area contributed by atoms with E-state index in [-0.39, 0.29) is 6.54 Å². The van der Waals surface area contributed by atoms with E-state index in [0.717, 1.165) is 16.0 Å². The molecule has 1 unspecified atom stereocenters. The van der Waals surface area contributed by atoms with Crippen molar-refractivity contribution in [3.63, 3.8) is 0 Å². The van der Waals surface area contributed by atoms with Gasteiger partial charge in [0.25, 0.3) is 0 Å². The molecule has 3 atom stereocenters. The lowest BCUT2D eigenvalue weighted by molar-refractivity contribution is -0.188. The van der Waals surface area contributed by atoms with Gasteiger partial charge in [-0.2, -0.15) is 13.2 Å². The Balaban J connectivity index is 1.81. The lowest BCUT2D eigenvalue weighted by Crippen LogP contribution is -2.35. The number of amides is 1. The highest BCUT2D eigenvalue weighted by Gasteiger charge is 2.54. The average molecular weight is 327 g/mol. The first kappa shape index (κ1) is 15.8. The third-order valence-electron chi connectivity index (χ3n) is 4.80. The second-order valence-corrected chi connectivity index (χ2v) is 6.13. The van der Waals surface area contributed by atoms with Crippen LogP contribution in [0.15, 0.2) is 24.3 Å². The Hall–Kier alpha value is -2.05.